The van der Waals surface area contributed by atoms with E-state index in [0.717, 1.165) is 11.6 Å². The van der Waals surface area contributed by atoms with E-state index < -0.39 is 5.95 Å². The van der Waals surface area contributed by atoms with Crippen molar-refractivity contribution in [2.75, 3.05) is 0 Å². The first-order valence-corrected chi connectivity index (χ1v) is 5.68. The van der Waals surface area contributed by atoms with Crippen LogP contribution in [0.2, 0.25) is 5.02 Å². The number of hydrogen-bond acceptors (Lipinski definition) is 2. The molecule has 2 aromatic rings. The highest BCUT2D eigenvalue weighted by atomic mass is 35.5. The predicted molar refractivity (Wildman–Crippen MR) is 66.8 cm³/mol. The van der Waals surface area contributed by atoms with Crippen molar-refractivity contribution in [1.29, 1.82) is 0 Å². The van der Waals surface area contributed by atoms with Crippen LogP contribution >= 0.6 is 11.6 Å². The average molecular weight is 265 g/mol. The number of hydrogen-bond donors (Lipinski definition) is 1. The van der Waals surface area contributed by atoms with E-state index in [4.69, 9.17) is 11.6 Å². The molecule has 0 radical (unpaired) electrons. The van der Waals surface area contributed by atoms with Crippen LogP contribution in [-0.4, -0.2) is 10.9 Å². The lowest BCUT2D eigenvalue weighted by Gasteiger charge is -2.06. The number of aromatic nitrogens is 1. The van der Waals surface area contributed by atoms with Crippen molar-refractivity contribution in [2.45, 2.75) is 6.54 Å². The van der Waals surface area contributed by atoms with Crippen LogP contribution in [0.4, 0.5) is 4.39 Å². The summed E-state index contributed by atoms with van der Waals surface area (Å²) in [4.78, 5) is 15.1. The maximum Gasteiger partial charge on any atom is 0.251 e. The number of pyridine rings is 1. The first kappa shape index (κ1) is 12.5. The summed E-state index contributed by atoms with van der Waals surface area (Å²) in [7, 11) is 0. The molecule has 3 nitrogen and oxygen atoms in total. The third-order valence-electron chi connectivity index (χ3n) is 2.39. The number of carbonyl (C=O) groups is 1. The van der Waals surface area contributed by atoms with Crippen LogP contribution in [0.15, 0.2) is 42.6 Å². The van der Waals surface area contributed by atoms with E-state index in [0.29, 0.717) is 11.6 Å². The minimum atomic E-state index is -0.680. The lowest BCUT2D eigenvalue weighted by atomic mass is 10.2. The van der Waals surface area contributed by atoms with Crippen LogP contribution in [0.1, 0.15) is 15.9 Å². The van der Waals surface area contributed by atoms with Gasteiger partial charge in [-0.1, -0.05) is 29.8 Å². The monoisotopic (exact) mass is 264 g/mol. The van der Waals surface area contributed by atoms with Crippen molar-refractivity contribution in [1.82, 2.24) is 10.3 Å². The second-order valence-corrected chi connectivity index (χ2v) is 4.05. The molecule has 18 heavy (non-hydrogen) atoms. The Balaban J connectivity index is 2.03. The van der Waals surface area contributed by atoms with Crippen LogP contribution < -0.4 is 5.32 Å². The van der Waals surface area contributed by atoms with E-state index in [1.165, 1.54) is 12.3 Å². The zero-order valence-electron chi connectivity index (χ0n) is 9.36. The van der Waals surface area contributed by atoms with Gasteiger partial charge >= 0.3 is 0 Å². The van der Waals surface area contributed by atoms with Gasteiger partial charge in [0, 0.05) is 29.4 Å². The van der Waals surface area contributed by atoms with Crippen LogP contribution in [0.3, 0.4) is 0 Å². The SMILES string of the molecule is O=C(NCc1ccccc1Cl)c1ccnc(F)c1. The topological polar surface area (TPSA) is 42.0 Å². The summed E-state index contributed by atoms with van der Waals surface area (Å²) in [6, 6.07) is 9.74. The van der Waals surface area contributed by atoms with Crippen molar-refractivity contribution in [3.05, 3.63) is 64.7 Å². The molecule has 92 valence electrons. The van der Waals surface area contributed by atoms with E-state index in [1.54, 1.807) is 6.07 Å². The number of amides is 1. The highest BCUT2D eigenvalue weighted by Gasteiger charge is 2.07. The summed E-state index contributed by atoms with van der Waals surface area (Å²) in [5.74, 6) is -1.04. The number of benzene rings is 1. The molecule has 5 heteroatoms. The van der Waals surface area contributed by atoms with Gasteiger partial charge in [0.25, 0.3) is 5.91 Å². The molecule has 0 spiro atoms. The molecule has 0 bridgehead atoms. The van der Waals surface area contributed by atoms with E-state index in [-0.39, 0.29) is 11.5 Å². The first-order valence-electron chi connectivity index (χ1n) is 5.30. The standard InChI is InChI=1S/C13H10ClFN2O/c14-11-4-2-1-3-10(11)8-17-13(18)9-5-6-16-12(15)7-9/h1-7H,8H2,(H,17,18). The first-order chi connectivity index (χ1) is 8.66. The summed E-state index contributed by atoms with van der Waals surface area (Å²) >= 11 is 5.96. The number of nitrogens with one attached hydrogen (secondary N) is 1. The molecule has 0 aliphatic carbocycles. The Morgan fingerprint density at radius 2 is 2.11 bits per heavy atom. The Morgan fingerprint density at radius 1 is 1.33 bits per heavy atom. The van der Waals surface area contributed by atoms with Gasteiger partial charge in [-0.05, 0) is 17.7 Å². The second-order valence-electron chi connectivity index (χ2n) is 3.64. The average Bonchev–Trinajstić information content (AvgIpc) is 2.37. The molecule has 1 aromatic heterocycles. The second kappa shape index (κ2) is 5.60. The van der Waals surface area contributed by atoms with Crippen molar-refractivity contribution in [2.24, 2.45) is 0 Å². The molecule has 0 saturated heterocycles. The van der Waals surface area contributed by atoms with E-state index in [9.17, 15) is 9.18 Å². The molecule has 0 atom stereocenters. The van der Waals surface area contributed by atoms with Gasteiger partial charge in [-0.25, -0.2) is 4.98 Å². The molecule has 2 rings (SSSR count). The fourth-order valence-electron chi connectivity index (χ4n) is 1.46. The molecular formula is C13H10ClFN2O. The molecule has 0 aliphatic rings. The Labute approximate surface area is 109 Å². The Morgan fingerprint density at radius 3 is 2.83 bits per heavy atom. The normalized spacial score (nSPS) is 10.1. The number of nitrogens with zero attached hydrogens (tertiary/aromatic N) is 1. The summed E-state index contributed by atoms with van der Waals surface area (Å²) < 4.78 is 12.8. The molecule has 1 heterocycles. The Bertz CT molecular complexity index is 574. The smallest absolute Gasteiger partial charge is 0.251 e. The molecular weight excluding hydrogens is 255 g/mol. The van der Waals surface area contributed by atoms with Gasteiger partial charge < -0.3 is 5.32 Å². The summed E-state index contributed by atoms with van der Waals surface area (Å²) in [6.07, 6.45) is 1.25. The molecule has 0 aliphatic heterocycles. The minimum absolute atomic E-state index is 0.231. The van der Waals surface area contributed by atoms with Gasteiger partial charge in [-0.2, -0.15) is 4.39 Å². The van der Waals surface area contributed by atoms with Crippen LogP contribution in [0.5, 0.6) is 0 Å². The summed E-state index contributed by atoms with van der Waals surface area (Å²) in [5.41, 5.74) is 1.04. The third kappa shape index (κ3) is 3.05. The van der Waals surface area contributed by atoms with Crippen molar-refractivity contribution in [3.8, 4) is 0 Å². The van der Waals surface area contributed by atoms with Gasteiger partial charge in [0.1, 0.15) is 0 Å². The maximum atomic E-state index is 12.8. The molecule has 0 unspecified atom stereocenters. The van der Waals surface area contributed by atoms with Crippen LogP contribution in [-0.2, 0) is 6.54 Å². The lowest BCUT2D eigenvalue weighted by Crippen LogP contribution is -2.23. The third-order valence-corrected chi connectivity index (χ3v) is 2.75. The van der Waals surface area contributed by atoms with Gasteiger partial charge in [0.05, 0.1) is 0 Å². The minimum Gasteiger partial charge on any atom is -0.348 e. The van der Waals surface area contributed by atoms with E-state index in [2.05, 4.69) is 10.3 Å². The highest BCUT2D eigenvalue weighted by Crippen LogP contribution is 2.14. The molecule has 0 saturated carbocycles. The van der Waals surface area contributed by atoms with Crippen molar-refractivity contribution < 1.29 is 9.18 Å². The molecule has 1 aromatic carbocycles. The highest BCUT2D eigenvalue weighted by molar-refractivity contribution is 6.31. The van der Waals surface area contributed by atoms with E-state index in [1.807, 2.05) is 18.2 Å². The molecule has 1 amide bonds. The Kier molecular flexibility index (Phi) is 3.89. The van der Waals surface area contributed by atoms with Gasteiger partial charge in [0.15, 0.2) is 0 Å². The van der Waals surface area contributed by atoms with Crippen LogP contribution in [0, 0.1) is 5.95 Å². The number of halogens is 2. The zero-order chi connectivity index (χ0) is 13.0. The largest absolute Gasteiger partial charge is 0.348 e. The molecule has 1 N–H and O–H groups in total. The van der Waals surface area contributed by atoms with Gasteiger partial charge in [0.2, 0.25) is 5.95 Å². The van der Waals surface area contributed by atoms with Crippen LogP contribution in [0.25, 0.3) is 0 Å². The van der Waals surface area contributed by atoms with Gasteiger partial charge in [-0.3, -0.25) is 4.79 Å². The lowest BCUT2D eigenvalue weighted by molar-refractivity contribution is 0.0950. The summed E-state index contributed by atoms with van der Waals surface area (Å²) in [6.45, 7) is 0.294. The summed E-state index contributed by atoms with van der Waals surface area (Å²) in [5, 5.41) is 3.25. The quantitative estimate of drug-likeness (QED) is 0.866. The predicted octanol–water partition coefficient (Wildman–Crippen LogP) is 2.80. The molecule has 0 fully saturated rings. The maximum absolute atomic E-state index is 12.8. The zero-order valence-corrected chi connectivity index (χ0v) is 10.1. The fourth-order valence-corrected chi connectivity index (χ4v) is 1.67. The van der Waals surface area contributed by atoms with E-state index >= 15 is 0 Å². The van der Waals surface area contributed by atoms with Crippen molar-refractivity contribution in [3.63, 3.8) is 0 Å². The fraction of sp³-hybridized carbons (Fsp3) is 0.0769. The van der Waals surface area contributed by atoms with Gasteiger partial charge in [-0.15, -0.1) is 0 Å². The number of rotatable bonds is 3. The number of carbonyl (C=O) groups excluding carboxylic acids is 1. The Hall–Kier alpha value is -1.94. The van der Waals surface area contributed by atoms with Crippen molar-refractivity contribution >= 4 is 17.5 Å².